The first-order valence-corrected chi connectivity index (χ1v) is 17.8. The molecule has 246 valence electrons. The van der Waals surface area contributed by atoms with Crippen molar-refractivity contribution in [2.24, 2.45) is 9.98 Å². The van der Waals surface area contributed by atoms with Crippen molar-refractivity contribution in [3.05, 3.63) is 192 Å². The minimum Gasteiger partial charge on any atom is -0.454 e. The van der Waals surface area contributed by atoms with Crippen molar-refractivity contribution < 1.29 is 4.42 Å². The molecule has 1 atom stereocenters. The minimum absolute atomic E-state index is 0.353. The van der Waals surface area contributed by atoms with Crippen LogP contribution >= 0.6 is 11.6 Å². The average molecular weight is 688 g/mol. The van der Waals surface area contributed by atoms with E-state index in [1.807, 2.05) is 30.3 Å². The number of nitrogens with one attached hydrogen (secondary N) is 1. The van der Waals surface area contributed by atoms with Crippen LogP contribution in [-0.2, 0) is 0 Å². The van der Waals surface area contributed by atoms with Gasteiger partial charge in [-0.05, 0) is 61.5 Å². The number of nitrogens with zero attached hydrogens (tertiary/aromatic N) is 2. The summed E-state index contributed by atoms with van der Waals surface area (Å²) in [5.41, 5.74) is 8.83. The third-order valence-corrected chi connectivity index (χ3v) is 10.3. The third-order valence-electron chi connectivity index (χ3n) is 10.0. The third kappa shape index (κ3) is 5.07. The van der Waals surface area contributed by atoms with Crippen LogP contribution in [0.2, 0.25) is 5.02 Å². The standard InChI is InChI=1S/C47H30ClN3O/c48-40-28-27-37(42-39-18-8-9-20-41(39)52-44(40)42)38-26-25-30-12-5-7-17-36(30)43(38)47-50-45(32-13-2-1-3-14-32)49-46(51-47)33-23-21-31(22-24-33)35-19-10-15-29-11-4-6-16-34(29)35/h1-28,45H,(H,49,50,51). The molecule has 0 amide bonds. The van der Waals surface area contributed by atoms with E-state index in [9.17, 15) is 0 Å². The largest absolute Gasteiger partial charge is 0.454 e. The Hall–Kier alpha value is -6.49. The summed E-state index contributed by atoms with van der Waals surface area (Å²) >= 11 is 6.78. The normalized spacial score (nSPS) is 14.4. The number of halogens is 1. The van der Waals surface area contributed by atoms with Crippen LogP contribution in [-0.4, -0.2) is 11.7 Å². The van der Waals surface area contributed by atoms with Gasteiger partial charge in [0.05, 0.1) is 5.02 Å². The van der Waals surface area contributed by atoms with Crippen LogP contribution in [0.25, 0.3) is 65.7 Å². The lowest BCUT2D eigenvalue weighted by Gasteiger charge is -2.25. The molecule has 0 fully saturated rings. The predicted molar refractivity (Wildman–Crippen MR) is 216 cm³/mol. The van der Waals surface area contributed by atoms with Crippen LogP contribution in [0.3, 0.4) is 0 Å². The number of furan rings is 1. The molecule has 10 rings (SSSR count). The topological polar surface area (TPSA) is 49.9 Å². The molecule has 9 aromatic rings. The van der Waals surface area contributed by atoms with Gasteiger partial charge >= 0.3 is 0 Å². The first kappa shape index (κ1) is 30.3. The average Bonchev–Trinajstić information content (AvgIpc) is 3.61. The maximum atomic E-state index is 6.78. The van der Waals surface area contributed by atoms with E-state index in [0.717, 1.165) is 66.3 Å². The fourth-order valence-electron chi connectivity index (χ4n) is 7.56. The molecule has 1 aliphatic heterocycles. The van der Waals surface area contributed by atoms with Crippen LogP contribution in [0.1, 0.15) is 22.9 Å². The van der Waals surface area contributed by atoms with Crippen LogP contribution in [0.4, 0.5) is 0 Å². The number of rotatable bonds is 5. The number of fused-ring (bicyclic) bond motifs is 5. The van der Waals surface area contributed by atoms with Crippen molar-refractivity contribution in [2.75, 3.05) is 0 Å². The molecule has 0 saturated heterocycles. The van der Waals surface area contributed by atoms with E-state index < -0.39 is 0 Å². The van der Waals surface area contributed by atoms with Gasteiger partial charge in [0.2, 0.25) is 0 Å². The Morgan fingerprint density at radius 1 is 0.519 bits per heavy atom. The summed E-state index contributed by atoms with van der Waals surface area (Å²) in [6.07, 6.45) is -0.353. The van der Waals surface area contributed by atoms with Gasteiger partial charge in [0.1, 0.15) is 17.6 Å². The Kier molecular flexibility index (Phi) is 7.22. The molecule has 0 radical (unpaired) electrons. The highest BCUT2D eigenvalue weighted by molar-refractivity contribution is 6.37. The molecule has 4 nitrogen and oxygen atoms in total. The summed E-state index contributed by atoms with van der Waals surface area (Å²) in [4.78, 5) is 10.7. The van der Waals surface area contributed by atoms with E-state index in [0.29, 0.717) is 16.4 Å². The van der Waals surface area contributed by atoms with Gasteiger partial charge in [-0.15, -0.1) is 0 Å². The van der Waals surface area contributed by atoms with Crippen LogP contribution < -0.4 is 5.32 Å². The Bertz CT molecular complexity index is 2880. The molecule has 0 spiro atoms. The van der Waals surface area contributed by atoms with Crippen LogP contribution in [0.5, 0.6) is 0 Å². The van der Waals surface area contributed by atoms with Gasteiger partial charge in [0.15, 0.2) is 11.4 Å². The summed E-state index contributed by atoms with van der Waals surface area (Å²) in [5.74, 6) is 1.42. The summed E-state index contributed by atoms with van der Waals surface area (Å²) in [6, 6.07) is 58.9. The molecule has 1 unspecified atom stereocenters. The van der Waals surface area contributed by atoms with E-state index in [1.165, 1.54) is 16.3 Å². The second-order valence-corrected chi connectivity index (χ2v) is 13.5. The molecule has 2 heterocycles. The van der Waals surface area contributed by atoms with E-state index in [4.69, 9.17) is 26.0 Å². The van der Waals surface area contributed by atoms with Gasteiger partial charge in [0.25, 0.3) is 0 Å². The van der Waals surface area contributed by atoms with Crippen LogP contribution in [0, 0.1) is 0 Å². The zero-order valence-electron chi connectivity index (χ0n) is 27.9. The molecule has 1 aromatic heterocycles. The second kappa shape index (κ2) is 12.4. The number of aliphatic imine (C=N–C) groups is 2. The number of amidine groups is 2. The maximum Gasteiger partial charge on any atom is 0.160 e. The second-order valence-electron chi connectivity index (χ2n) is 13.1. The molecule has 5 heteroatoms. The van der Waals surface area contributed by atoms with E-state index in [1.54, 1.807) is 0 Å². The zero-order chi connectivity index (χ0) is 34.6. The predicted octanol–water partition coefficient (Wildman–Crippen LogP) is 12.4. The fraction of sp³-hybridized carbons (Fsp3) is 0.0213. The van der Waals surface area contributed by atoms with Crippen molar-refractivity contribution in [1.82, 2.24) is 5.32 Å². The molecule has 52 heavy (non-hydrogen) atoms. The van der Waals surface area contributed by atoms with Gasteiger partial charge in [-0.2, -0.15) is 0 Å². The highest BCUT2D eigenvalue weighted by Gasteiger charge is 2.26. The lowest BCUT2D eigenvalue weighted by Crippen LogP contribution is -2.33. The van der Waals surface area contributed by atoms with E-state index >= 15 is 0 Å². The lowest BCUT2D eigenvalue weighted by molar-refractivity contribution is 0.669. The molecular formula is C47H30ClN3O. The fourth-order valence-corrected chi connectivity index (χ4v) is 7.75. The number of hydrogen-bond acceptors (Lipinski definition) is 4. The quantitative estimate of drug-likeness (QED) is 0.196. The number of benzene rings is 8. The maximum absolute atomic E-state index is 6.78. The van der Waals surface area contributed by atoms with Crippen LogP contribution in [0.15, 0.2) is 184 Å². The van der Waals surface area contributed by atoms with Gasteiger partial charge in [-0.1, -0.05) is 169 Å². The van der Waals surface area contributed by atoms with Crippen molar-refractivity contribution >= 4 is 66.8 Å². The summed E-state index contributed by atoms with van der Waals surface area (Å²) in [6.45, 7) is 0. The minimum atomic E-state index is -0.353. The highest BCUT2D eigenvalue weighted by atomic mass is 35.5. The Morgan fingerprint density at radius 3 is 2.00 bits per heavy atom. The number of hydrogen-bond donors (Lipinski definition) is 1. The molecule has 1 N–H and O–H groups in total. The first-order chi connectivity index (χ1) is 25.7. The summed E-state index contributed by atoms with van der Waals surface area (Å²) in [7, 11) is 0. The Labute approximate surface area is 305 Å². The summed E-state index contributed by atoms with van der Waals surface area (Å²) < 4.78 is 6.33. The SMILES string of the molecule is Clc1ccc(-c2ccc3ccccc3c2C2=NC(c3ccccc3)NC(c3ccc(-c4cccc5ccccc45)cc3)=N2)c2c1oc1ccccc12. The Balaban J connectivity index is 1.18. The monoisotopic (exact) mass is 687 g/mol. The lowest BCUT2D eigenvalue weighted by atomic mass is 9.90. The van der Waals surface area contributed by atoms with Crippen molar-refractivity contribution in [2.45, 2.75) is 6.17 Å². The van der Waals surface area contributed by atoms with Gasteiger partial charge in [0, 0.05) is 21.9 Å². The van der Waals surface area contributed by atoms with E-state index in [-0.39, 0.29) is 6.17 Å². The first-order valence-electron chi connectivity index (χ1n) is 17.4. The molecular weight excluding hydrogens is 658 g/mol. The van der Waals surface area contributed by atoms with Crippen molar-refractivity contribution in [3.63, 3.8) is 0 Å². The van der Waals surface area contributed by atoms with Crippen molar-refractivity contribution in [1.29, 1.82) is 0 Å². The molecule has 1 aliphatic rings. The van der Waals surface area contributed by atoms with E-state index in [2.05, 4.69) is 145 Å². The molecule has 8 aromatic carbocycles. The number of para-hydroxylation sites is 1. The highest BCUT2D eigenvalue weighted by Crippen LogP contribution is 2.43. The Morgan fingerprint density at radius 2 is 1.17 bits per heavy atom. The molecule has 0 saturated carbocycles. The summed E-state index contributed by atoms with van der Waals surface area (Å²) in [5, 5.41) is 10.9. The smallest absolute Gasteiger partial charge is 0.160 e. The van der Waals surface area contributed by atoms with Gasteiger partial charge < -0.3 is 9.73 Å². The van der Waals surface area contributed by atoms with Gasteiger partial charge in [-0.3, -0.25) is 0 Å². The molecule has 0 aliphatic carbocycles. The molecule has 0 bridgehead atoms. The van der Waals surface area contributed by atoms with Gasteiger partial charge in [-0.25, -0.2) is 9.98 Å². The zero-order valence-corrected chi connectivity index (χ0v) is 28.7. The van der Waals surface area contributed by atoms with Crippen molar-refractivity contribution in [3.8, 4) is 22.3 Å².